The van der Waals surface area contributed by atoms with Gasteiger partial charge in [0.25, 0.3) is 43.5 Å². The zero-order valence-corrected chi connectivity index (χ0v) is 29.5. The van der Waals surface area contributed by atoms with Gasteiger partial charge in [0, 0.05) is 13.1 Å². The van der Waals surface area contributed by atoms with Crippen molar-refractivity contribution in [2.75, 3.05) is 13.1 Å². The molecule has 0 saturated carbocycles. The number of nitrogens with one attached hydrogen (secondary N) is 3. The zero-order valence-electron chi connectivity index (χ0n) is 27.8. The molecule has 18 heteroatoms. The topological polar surface area (TPSA) is 237 Å². The Morgan fingerprint density at radius 3 is 1.90 bits per heavy atom. The molecular weight excluding hydrogens is 705 g/mol. The molecule has 1 aliphatic heterocycles. The molecule has 0 saturated heterocycles. The molecule has 0 atom stereocenters. The zero-order chi connectivity index (χ0) is 37.3. The van der Waals surface area contributed by atoms with Gasteiger partial charge in [0.05, 0.1) is 34.0 Å². The highest BCUT2D eigenvalue weighted by atomic mass is 32.2. The van der Waals surface area contributed by atoms with Crippen LogP contribution >= 0.6 is 0 Å². The van der Waals surface area contributed by atoms with Gasteiger partial charge in [-0.15, -0.1) is 0 Å². The van der Waals surface area contributed by atoms with Gasteiger partial charge in [-0.2, -0.15) is 21.9 Å². The fourth-order valence-corrected chi connectivity index (χ4v) is 6.53. The number of allylic oxidation sites excluding steroid dienone is 2. The predicted octanol–water partition coefficient (Wildman–Crippen LogP) is 2.50. The molecule has 5 N–H and O–H groups in total. The number of hydrogen-bond donors (Lipinski definition) is 5. The molecule has 0 fully saturated rings. The van der Waals surface area contributed by atoms with E-state index in [0.717, 1.165) is 28.6 Å². The first-order chi connectivity index (χ1) is 24.2. The maximum absolute atomic E-state index is 13.6. The van der Waals surface area contributed by atoms with E-state index in [9.17, 15) is 45.1 Å². The van der Waals surface area contributed by atoms with Gasteiger partial charge in [0.15, 0.2) is 5.71 Å². The molecule has 51 heavy (non-hydrogen) atoms. The molecule has 2 heterocycles. The number of unbranched alkanes of at least 4 members (excludes halogenated alkanes) is 2. The lowest BCUT2D eigenvalue weighted by molar-refractivity contribution is -0.126. The van der Waals surface area contributed by atoms with Crippen molar-refractivity contribution in [3.8, 4) is 0 Å². The minimum Gasteiger partial charge on any atom is -0.351 e. The van der Waals surface area contributed by atoms with Crippen LogP contribution in [0.4, 0.5) is 0 Å². The molecule has 16 nitrogen and oxygen atoms in total. The van der Waals surface area contributed by atoms with Gasteiger partial charge in [0.2, 0.25) is 0 Å². The summed E-state index contributed by atoms with van der Waals surface area (Å²) in [5.74, 6) is -2.09. The Hall–Kier alpha value is -5.17. The quantitative estimate of drug-likeness (QED) is 0.0817. The summed E-state index contributed by atoms with van der Waals surface area (Å²) in [5, 5.41) is 13.1. The number of aromatic amines is 1. The maximum atomic E-state index is 13.6. The second-order valence-corrected chi connectivity index (χ2v) is 14.2. The molecule has 1 aliphatic rings. The third kappa shape index (κ3) is 9.54. The summed E-state index contributed by atoms with van der Waals surface area (Å²) in [6, 6.07) is 10.9. The molecule has 2 aromatic carbocycles. The maximum Gasteiger partial charge on any atom is 0.294 e. The average molecular weight is 743 g/mol. The Kier molecular flexibility index (Phi) is 12.6. The lowest BCUT2D eigenvalue weighted by Gasteiger charge is -2.13. The number of benzene rings is 2. The van der Waals surface area contributed by atoms with Crippen LogP contribution in [0.2, 0.25) is 0 Å². The highest BCUT2D eigenvalue weighted by Gasteiger charge is 2.34. The molecule has 4 rings (SSSR count). The van der Waals surface area contributed by atoms with Crippen molar-refractivity contribution in [3.63, 3.8) is 0 Å². The molecule has 0 spiro atoms. The number of hydrogen-bond acceptors (Lipinski definition) is 9. The van der Waals surface area contributed by atoms with E-state index in [0.29, 0.717) is 19.4 Å². The van der Waals surface area contributed by atoms with Crippen molar-refractivity contribution >= 4 is 49.7 Å². The molecule has 0 bridgehead atoms. The van der Waals surface area contributed by atoms with Crippen LogP contribution in [0.3, 0.4) is 0 Å². The smallest absolute Gasteiger partial charge is 0.294 e. The first kappa shape index (κ1) is 38.6. The second-order valence-electron chi connectivity index (χ2n) is 11.4. The number of aromatic nitrogens is 2. The van der Waals surface area contributed by atoms with Crippen molar-refractivity contribution in [2.24, 2.45) is 5.10 Å². The monoisotopic (exact) mass is 742 g/mol. The van der Waals surface area contributed by atoms with Crippen molar-refractivity contribution in [3.05, 3.63) is 99.0 Å². The van der Waals surface area contributed by atoms with Gasteiger partial charge in [-0.1, -0.05) is 69.2 Å². The van der Waals surface area contributed by atoms with E-state index in [1.54, 1.807) is 0 Å². The predicted molar refractivity (Wildman–Crippen MR) is 187 cm³/mol. The van der Waals surface area contributed by atoms with Crippen molar-refractivity contribution in [2.45, 2.75) is 62.4 Å². The molecule has 3 amide bonds. The van der Waals surface area contributed by atoms with E-state index in [1.165, 1.54) is 60.7 Å². The standard InChI is InChI=1S/C33H38N6O10S2/c1-3-5-18-34-30(40)28-24(32(42)38(36-28)20-22-12-7-9-16-26(22)50(44,45)46)14-11-15-25-29(31(41)35-19-6-4-2)37-39(33(25)43)21-23-13-8-10-17-27(23)51(47,48)49/h7-17,36H,3-6,18-21H2,1-2H3,(H,34,40)(H,35,41)(H,44,45,46)(H,47,48,49). The summed E-state index contributed by atoms with van der Waals surface area (Å²) >= 11 is 0. The van der Waals surface area contributed by atoms with Gasteiger partial charge in [-0.05, 0) is 48.3 Å². The number of rotatable bonds is 16. The highest BCUT2D eigenvalue weighted by molar-refractivity contribution is 7.86. The Morgan fingerprint density at radius 1 is 0.824 bits per heavy atom. The van der Waals surface area contributed by atoms with Gasteiger partial charge in [-0.25, -0.2) is 9.69 Å². The number of hydrazone groups is 1. The van der Waals surface area contributed by atoms with Crippen LogP contribution in [0.15, 0.2) is 85.9 Å². The number of H-pyrrole nitrogens is 1. The lowest BCUT2D eigenvalue weighted by Crippen LogP contribution is -2.32. The van der Waals surface area contributed by atoms with E-state index >= 15 is 0 Å². The summed E-state index contributed by atoms with van der Waals surface area (Å²) in [6.07, 6.45) is 6.59. The van der Waals surface area contributed by atoms with Crippen LogP contribution in [0.25, 0.3) is 6.08 Å². The Morgan fingerprint density at radius 2 is 1.35 bits per heavy atom. The van der Waals surface area contributed by atoms with Gasteiger partial charge in [-0.3, -0.25) is 33.4 Å². The van der Waals surface area contributed by atoms with Gasteiger partial charge in [0.1, 0.15) is 5.69 Å². The van der Waals surface area contributed by atoms with Crippen molar-refractivity contribution in [1.82, 2.24) is 25.4 Å². The van der Waals surface area contributed by atoms with Crippen LogP contribution < -0.4 is 16.2 Å². The molecule has 3 aromatic rings. The third-order valence-corrected chi connectivity index (χ3v) is 9.59. The highest BCUT2D eigenvalue weighted by Crippen LogP contribution is 2.23. The molecule has 0 radical (unpaired) electrons. The SMILES string of the molecule is CCCCNC(=O)C1=NN(Cc2ccccc2S(=O)(=O)O)C(=O)C1=CC=Cc1c(C(=O)NCCCC)[nH]n(Cc2ccccc2S(=O)(=O)O)c1=O. The molecule has 272 valence electrons. The van der Waals surface area contributed by atoms with E-state index in [4.69, 9.17) is 0 Å². The van der Waals surface area contributed by atoms with Gasteiger partial charge < -0.3 is 10.6 Å². The van der Waals surface area contributed by atoms with E-state index in [2.05, 4.69) is 20.8 Å². The van der Waals surface area contributed by atoms with Crippen molar-refractivity contribution in [1.29, 1.82) is 0 Å². The summed E-state index contributed by atoms with van der Waals surface area (Å²) in [5.41, 5.74) is -1.42. The summed E-state index contributed by atoms with van der Waals surface area (Å²) < 4.78 is 68.2. The first-order valence-corrected chi connectivity index (χ1v) is 18.8. The summed E-state index contributed by atoms with van der Waals surface area (Å²) in [7, 11) is -9.28. The third-order valence-electron chi connectivity index (χ3n) is 7.68. The Labute approximate surface area is 294 Å². The number of nitrogens with zero attached hydrogens (tertiary/aromatic N) is 3. The van der Waals surface area contributed by atoms with Crippen molar-refractivity contribution < 1.29 is 40.3 Å². The van der Waals surface area contributed by atoms with Crippen LogP contribution in [0.1, 0.15) is 66.7 Å². The number of carbonyl (C=O) groups excluding carboxylic acids is 3. The molecular formula is C33H38N6O10S2. The number of carbonyl (C=O) groups is 3. The normalized spacial score (nSPS) is 14.4. The first-order valence-electron chi connectivity index (χ1n) is 16.0. The second kappa shape index (κ2) is 16.7. The Balaban J connectivity index is 1.74. The fourth-order valence-electron chi connectivity index (χ4n) is 5.10. The average Bonchev–Trinajstić information content (AvgIpc) is 3.55. The van der Waals surface area contributed by atoms with Crippen LogP contribution in [0.5, 0.6) is 0 Å². The molecule has 1 aromatic heterocycles. The lowest BCUT2D eigenvalue weighted by atomic mass is 10.1. The summed E-state index contributed by atoms with van der Waals surface area (Å²) in [6.45, 7) is 3.69. The minimum atomic E-state index is -4.65. The van der Waals surface area contributed by atoms with E-state index < -0.39 is 59.9 Å². The molecule has 0 aliphatic carbocycles. The van der Waals surface area contributed by atoms with Gasteiger partial charge >= 0.3 is 0 Å². The number of amides is 3. The van der Waals surface area contributed by atoms with Crippen LogP contribution in [0, 0.1) is 0 Å². The van der Waals surface area contributed by atoms with Crippen LogP contribution in [-0.4, -0.2) is 77.3 Å². The summed E-state index contributed by atoms with van der Waals surface area (Å²) in [4.78, 5) is 52.6. The Bertz CT molecular complexity index is 2180. The molecule has 0 unspecified atom stereocenters. The van der Waals surface area contributed by atoms with E-state index in [1.807, 2.05) is 13.8 Å². The largest absolute Gasteiger partial charge is 0.351 e. The van der Waals surface area contributed by atoms with E-state index in [-0.39, 0.29) is 46.8 Å². The fraction of sp³-hybridized carbons (Fsp3) is 0.303. The van der Waals surface area contributed by atoms with Crippen LogP contribution in [-0.2, 0) is 42.9 Å². The minimum absolute atomic E-state index is 0.0433.